The molecule has 3 rings (SSSR count). The van der Waals surface area contributed by atoms with E-state index in [1.54, 1.807) is 24.3 Å². The SMILES string of the molecule is CN(C(C(=O)Nc1ccccc1Sc1ccccc1)c1ccccc1)S(C)(=O)=O. The van der Waals surface area contributed by atoms with Gasteiger partial charge in [-0.3, -0.25) is 4.79 Å². The number of para-hydroxylation sites is 1. The molecule has 0 saturated carbocycles. The van der Waals surface area contributed by atoms with Crippen molar-refractivity contribution in [3.05, 3.63) is 90.5 Å². The van der Waals surface area contributed by atoms with E-state index in [4.69, 9.17) is 0 Å². The molecule has 0 saturated heterocycles. The Morgan fingerprint density at radius 2 is 1.45 bits per heavy atom. The van der Waals surface area contributed by atoms with Crippen molar-refractivity contribution >= 4 is 33.4 Å². The van der Waals surface area contributed by atoms with Gasteiger partial charge in [0.15, 0.2) is 0 Å². The van der Waals surface area contributed by atoms with Gasteiger partial charge in [0, 0.05) is 16.8 Å². The second-order valence-electron chi connectivity index (χ2n) is 6.49. The first-order valence-electron chi connectivity index (χ1n) is 8.97. The van der Waals surface area contributed by atoms with Crippen LogP contribution in [0.15, 0.2) is 94.7 Å². The highest BCUT2D eigenvalue weighted by Gasteiger charge is 2.31. The first kappa shape index (κ1) is 21.1. The molecule has 0 aromatic heterocycles. The standard InChI is InChI=1S/C22H22N2O3S2/c1-24(29(2,26)27)21(17-11-5-3-6-12-17)22(25)23-19-15-9-10-16-20(19)28-18-13-7-4-8-14-18/h3-16,21H,1-2H3,(H,23,25). The largest absolute Gasteiger partial charge is 0.323 e. The molecule has 0 bridgehead atoms. The molecule has 1 N–H and O–H groups in total. The Balaban J connectivity index is 1.91. The number of benzene rings is 3. The van der Waals surface area contributed by atoms with E-state index in [0.29, 0.717) is 11.3 Å². The van der Waals surface area contributed by atoms with E-state index >= 15 is 0 Å². The summed E-state index contributed by atoms with van der Waals surface area (Å²) in [6.07, 6.45) is 1.09. The Hall–Kier alpha value is -2.61. The molecule has 0 spiro atoms. The van der Waals surface area contributed by atoms with Gasteiger partial charge in [-0.25, -0.2) is 8.42 Å². The quantitative estimate of drug-likeness (QED) is 0.608. The van der Waals surface area contributed by atoms with Gasteiger partial charge in [-0.05, 0) is 29.8 Å². The van der Waals surface area contributed by atoms with E-state index in [-0.39, 0.29) is 0 Å². The molecule has 3 aromatic rings. The third-order valence-corrected chi connectivity index (χ3v) is 6.71. The first-order valence-corrected chi connectivity index (χ1v) is 11.6. The second kappa shape index (κ2) is 9.26. The summed E-state index contributed by atoms with van der Waals surface area (Å²) in [5.74, 6) is -0.412. The van der Waals surface area contributed by atoms with Crippen LogP contribution in [0, 0.1) is 0 Å². The fourth-order valence-electron chi connectivity index (χ4n) is 2.83. The van der Waals surface area contributed by atoms with E-state index in [1.807, 2.05) is 60.7 Å². The topological polar surface area (TPSA) is 66.5 Å². The van der Waals surface area contributed by atoms with Gasteiger partial charge in [0.2, 0.25) is 15.9 Å². The third-order valence-electron chi connectivity index (χ3n) is 4.37. The Morgan fingerprint density at radius 3 is 2.07 bits per heavy atom. The zero-order valence-electron chi connectivity index (χ0n) is 16.1. The monoisotopic (exact) mass is 426 g/mol. The van der Waals surface area contributed by atoms with Gasteiger partial charge in [-0.15, -0.1) is 0 Å². The lowest BCUT2D eigenvalue weighted by Crippen LogP contribution is -2.38. The van der Waals surface area contributed by atoms with Crippen molar-refractivity contribution in [1.82, 2.24) is 4.31 Å². The summed E-state index contributed by atoms with van der Waals surface area (Å²) in [6.45, 7) is 0. The van der Waals surface area contributed by atoms with Crippen LogP contribution in [0.1, 0.15) is 11.6 Å². The fourth-order valence-corrected chi connectivity index (χ4v) is 4.35. The molecule has 1 unspecified atom stereocenters. The maximum atomic E-state index is 13.2. The smallest absolute Gasteiger partial charge is 0.247 e. The number of rotatable bonds is 7. The van der Waals surface area contributed by atoms with Gasteiger partial charge in [0.25, 0.3) is 0 Å². The number of nitrogens with one attached hydrogen (secondary N) is 1. The molecule has 1 amide bonds. The molecule has 150 valence electrons. The highest BCUT2D eigenvalue weighted by atomic mass is 32.2. The van der Waals surface area contributed by atoms with Crippen LogP contribution in [0.2, 0.25) is 0 Å². The van der Waals surface area contributed by atoms with Gasteiger partial charge in [0.1, 0.15) is 6.04 Å². The summed E-state index contributed by atoms with van der Waals surface area (Å²) in [5.41, 5.74) is 1.24. The van der Waals surface area contributed by atoms with E-state index in [0.717, 1.165) is 20.4 Å². The maximum Gasteiger partial charge on any atom is 0.247 e. The molecular weight excluding hydrogens is 404 g/mol. The maximum absolute atomic E-state index is 13.2. The first-order chi connectivity index (χ1) is 13.9. The third kappa shape index (κ3) is 5.47. The number of carbonyl (C=O) groups is 1. The van der Waals surface area contributed by atoms with Crippen molar-refractivity contribution in [2.45, 2.75) is 15.8 Å². The van der Waals surface area contributed by atoms with Crippen LogP contribution < -0.4 is 5.32 Å². The molecule has 0 fully saturated rings. The normalized spacial score (nSPS) is 12.5. The molecule has 0 aliphatic heterocycles. The molecule has 0 aliphatic carbocycles. The van der Waals surface area contributed by atoms with Crippen molar-refractivity contribution in [3.8, 4) is 0 Å². The summed E-state index contributed by atoms with van der Waals surface area (Å²) >= 11 is 1.53. The Morgan fingerprint density at radius 1 is 0.897 bits per heavy atom. The van der Waals surface area contributed by atoms with Crippen LogP contribution in [0.5, 0.6) is 0 Å². The summed E-state index contributed by atoms with van der Waals surface area (Å²) in [7, 11) is -2.16. The van der Waals surface area contributed by atoms with Crippen LogP contribution in [0.3, 0.4) is 0 Å². The van der Waals surface area contributed by atoms with E-state index in [9.17, 15) is 13.2 Å². The molecule has 7 heteroatoms. The second-order valence-corrected chi connectivity index (χ2v) is 9.65. The van der Waals surface area contributed by atoms with Crippen LogP contribution in [-0.4, -0.2) is 31.9 Å². The molecule has 5 nitrogen and oxygen atoms in total. The van der Waals surface area contributed by atoms with Crippen molar-refractivity contribution in [2.75, 3.05) is 18.6 Å². The minimum atomic E-state index is -3.58. The van der Waals surface area contributed by atoms with Crippen molar-refractivity contribution < 1.29 is 13.2 Å². The lowest BCUT2D eigenvalue weighted by atomic mass is 10.1. The van der Waals surface area contributed by atoms with Gasteiger partial charge < -0.3 is 5.32 Å². The van der Waals surface area contributed by atoms with E-state index in [1.165, 1.54) is 18.8 Å². The minimum absolute atomic E-state index is 0.412. The number of likely N-dealkylation sites (N-methyl/N-ethyl adjacent to an activating group) is 1. The summed E-state index contributed by atoms with van der Waals surface area (Å²) in [5, 5.41) is 2.92. The number of amides is 1. The molecule has 29 heavy (non-hydrogen) atoms. The van der Waals surface area contributed by atoms with E-state index in [2.05, 4.69) is 5.32 Å². The Labute approximate surface area is 175 Å². The summed E-state index contributed by atoms with van der Waals surface area (Å²) in [4.78, 5) is 15.1. The molecule has 0 aliphatic rings. The summed E-state index contributed by atoms with van der Waals surface area (Å²) in [6, 6.07) is 25.2. The molecular formula is C22H22N2O3S2. The lowest BCUT2D eigenvalue weighted by Gasteiger charge is -2.26. The zero-order chi connectivity index (χ0) is 20.9. The zero-order valence-corrected chi connectivity index (χ0v) is 17.8. The molecule has 1 atom stereocenters. The number of sulfonamides is 1. The minimum Gasteiger partial charge on any atom is -0.323 e. The predicted octanol–water partition coefficient (Wildman–Crippen LogP) is 4.41. The lowest BCUT2D eigenvalue weighted by molar-refractivity contribution is -0.119. The molecule has 0 heterocycles. The van der Waals surface area contributed by atoms with Crippen LogP contribution in [0.4, 0.5) is 5.69 Å². The number of nitrogens with zero attached hydrogens (tertiary/aromatic N) is 1. The van der Waals surface area contributed by atoms with Gasteiger partial charge in [-0.1, -0.05) is 72.4 Å². The number of hydrogen-bond acceptors (Lipinski definition) is 4. The molecule has 3 aromatic carbocycles. The highest BCUT2D eigenvalue weighted by Crippen LogP contribution is 2.34. The number of carbonyl (C=O) groups excluding carboxylic acids is 1. The Bertz CT molecular complexity index is 1070. The average molecular weight is 427 g/mol. The fraction of sp³-hybridized carbons (Fsp3) is 0.136. The van der Waals surface area contributed by atoms with Gasteiger partial charge in [-0.2, -0.15) is 4.31 Å². The number of hydrogen-bond donors (Lipinski definition) is 1. The van der Waals surface area contributed by atoms with E-state index < -0.39 is 22.0 Å². The van der Waals surface area contributed by atoms with Gasteiger partial charge >= 0.3 is 0 Å². The van der Waals surface area contributed by atoms with Crippen LogP contribution >= 0.6 is 11.8 Å². The van der Waals surface area contributed by atoms with Crippen molar-refractivity contribution in [3.63, 3.8) is 0 Å². The molecule has 0 radical (unpaired) electrons. The predicted molar refractivity (Wildman–Crippen MR) is 117 cm³/mol. The highest BCUT2D eigenvalue weighted by molar-refractivity contribution is 7.99. The average Bonchev–Trinajstić information content (AvgIpc) is 2.70. The van der Waals surface area contributed by atoms with Crippen LogP contribution in [-0.2, 0) is 14.8 Å². The Kier molecular flexibility index (Phi) is 6.74. The summed E-state index contributed by atoms with van der Waals surface area (Å²) < 4.78 is 25.4. The van der Waals surface area contributed by atoms with Crippen molar-refractivity contribution in [2.24, 2.45) is 0 Å². The number of anilines is 1. The van der Waals surface area contributed by atoms with Crippen LogP contribution in [0.25, 0.3) is 0 Å². The van der Waals surface area contributed by atoms with Gasteiger partial charge in [0.05, 0.1) is 11.9 Å². The van der Waals surface area contributed by atoms with Crippen molar-refractivity contribution in [1.29, 1.82) is 0 Å².